The van der Waals surface area contributed by atoms with Crippen molar-refractivity contribution in [3.8, 4) is 0 Å². The molecule has 0 aliphatic rings. The van der Waals surface area contributed by atoms with Gasteiger partial charge in [0.2, 0.25) is 5.91 Å². The van der Waals surface area contributed by atoms with E-state index in [1.165, 1.54) is 44.9 Å². The summed E-state index contributed by atoms with van der Waals surface area (Å²) >= 11 is 0. The maximum absolute atomic E-state index is 12.6. The number of hydrogen-bond acceptors (Lipinski definition) is 4. The Morgan fingerprint density at radius 3 is 1.72 bits per heavy atom. The van der Waals surface area contributed by atoms with Gasteiger partial charge in [-0.2, -0.15) is 0 Å². The molecule has 1 atom stereocenters. The number of carboxylic acids is 1. The van der Waals surface area contributed by atoms with Crippen LogP contribution in [0.4, 0.5) is 0 Å². The van der Waals surface area contributed by atoms with Gasteiger partial charge in [-0.15, -0.1) is 0 Å². The maximum Gasteiger partial charge on any atom is 0.322 e. The largest absolute Gasteiger partial charge is 0.480 e. The molecule has 0 rings (SSSR count). The highest BCUT2D eigenvalue weighted by Crippen LogP contribution is 2.15. The van der Waals surface area contributed by atoms with E-state index in [0.29, 0.717) is 12.8 Å². The van der Waals surface area contributed by atoms with Crippen LogP contribution in [-0.2, 0) is 19.1 Å². The molecule has 6 nitrogen and oxygen atoms in total. The third-order valence-electron chi connectivity index (χ3n) is 7.91. The Morgan fingerprint density at radius 1 is 0.596 bits per heavy atom. The van der Waals surface area contributed by atoms with E-state index in [1.807, 2.05) is 0 Å². The van der Waals surface area contributed by atoms with E-state index in [2.05, 4.69) is 79.9 Å². The van der Waals surface area contributed by atoms with Crippen molar-refractivity contribution < 1.29 is 24.2 Å². The lowest BCUT2D eigenvalue weighted by molar-refractivity contribution is -0.147. The zero-order chi connectivity index (χ0) is 34.5. The average molecular weight is 656 g/mol. The SMILES string of the molecule is CC/C=C\C/C=C\C/C=C\C(CCCCCCCCC(=O)NCC(=O)O)OC(=O)CCCCCCC/C=C\C/C=C\CCCCCC. The van der Waals surface area contributed by atoms with Gasteiger partial charge in [0.05, 0.1) is 0 Å². The van der Waals surface area contributed by atoms with Gasteiger partial charge in [-0.3, -0.25) is 14.4 Å². The molecule has 0 aromatic heterocycles. The van der Waals surface area contributed by atoms with Gasteiger partial charge in [-0.25, -0.2) is 0 Å². The van der Waals surface area contributed by atoms with Crippen LogP contribution < -0.4 is 5.32 Å². The minimum absolute atomic E-state index is 0.0950. The fraction of sp³-hybridized carbons (Fsp3) is 0.683. The van der Waals surface area contributed by atoms with Crippen molar-refractivity contribution in [2.75, 3.05) is 6.54 Å². The maximum atomic E-state index is 12.6. The highest BCUT2D eigenvalue weighted by Gasteiger charge is 2.11. The first-order valence-corrected chi connectivity index (χ1v) is 18.9. The number of nitrogens with one attached hydrogen (secondary N) is 1. The summed E-state index contributed by atoms with van der Waals surface area (Å²) in [5, 5.41) is 11.0. The predicted molar refractivity (Wildman–Crippen MR) is 198 cm³/mol. The van der Waals surface area contributed by atoms with Crippen LogP contribution in [0.2, 0.25) is 0 Å². The second-order valence-electron chi connectivity index (χ2n) is 12.4. The summed E-state index contributed by atoms with van der Waals surface area (Å²) in [6.45, 7) is 4.07. The predicted octanol–water partition coefficient (Wildman–Crippen LogP) is 11.3. The average Bonchev–Trinajstić information content (AvgIpc) is 3.05. The summed E-state index contributed by atoms with van der Waals surface area (Å²) in [6, 6.07) is 0. The molecule has 0 aliphatic carbocycles. The lowest BCUT2D eigenvalue weighted by Gasteiger charge is -2.14. The van der Waals surface area contributed by atoms with Gasteiger partial charge in [0, 0.05) is 12.8 Å². The van der Waals surface area contributed by atoms with Crippen LogP contribution in [0.3, 0.4) is 0 Å². The van der Waals surface area contributed by atoms with Crippen molar-refractivity contribution in [2.24, 2.45) is 0 Å². The number of carbonyl (C=O) groups is 3. The van der Waals surface area contributed by atoms with Crippen molar-refractivity contribution >= 4 is 17.8 Å². The number of hydrogen-bond donors (Lipinski definition) is 2. The smallest absolute Gasteiger partial charge is 0.322 e. The van der Waals surface area contributed by atoms with E-state index >= 15 is 0 Å². The molecular weight excluding hydrogens is 586 g/mol. The van der Waals surface area contributed by atoms with Gasteiger partial charge >= 0.3 is 11.9 Å². The normalized spacial score (nSPS) is 12.7. The zero-order valence-corrected chi connectivity index (χ0v) is 30.1. The Kier molecular flexibility index (Phi) is 33.7. The molecule has 0 heterocycles. The highest BCUT2D eigenvalue weighted by molar-refractivity contribution is 5.80. The molecule has 0 aliphatic heterocycles. The molecule has 0 fully saturated rings. The second-order valence-corrected chi connectivity index (χ2v) is 12.4. The monoisotopic (exact) mass is 656 g/mol. The summed E-state index contributed by atoms with van der Waals surface area (Å²) in [4.78, 5) is 34.8. The molecule has 1 amide bonds. The molecule has 0 bridgehead atoms. The van der Waals surface area contributed by atoms with Crippen molar-refractivity contribution in [1.82, 2.24) is 5.32 Å². The Labute approximate surface area is 288 Å². The van der Waals surface area contributed by atoms with Crippen LogP contribution in [0.25, 0.3) is 0 Å². The minimum Gasteiger partial charge on any atom is -0.480 e. The van der Waals surface area contributed by atoms with Crippen molar-refractivity contribution in [3.05, 3.63) is 60.8 Å². The van der Waals surface area contributed by atoms with Crippen LogP contribution in [0.1, 0.15) is 168 Å². The molecule has 268 valence electrons. The summed E-state index contributed by atoms with van der Waals surface area (Å²) in [7, 11) is 0. The molecule has 0 saturated heterocycles. The number of aliphatic carboxylic acids is 1. The van der Waals surface area contributed by atoms with Gasteiger partial charge in [0.25, 0.3) is 0 Å². The first-order chi connectivity index (χ1) is 23.0. The standard InChI is InChI=1S/C41H69NO5/c1-3-5-7-9-11-13-14-15-16-17-18-19-20-22-28-32-36-41(46)47-38(33-29-25-21-12-10-8-6-4-2)34-30-26-23-24-27-31-35-39(43)42-37-40(44)45/h6,8,12-14,16-17,21,29,33,38H,3-5,7,9-11,15,18-20,22-28,30-32,34-37H2,1-2H3,(H,42,43)(H,44,45)/b8-6-,14-13-,17-16-,21-12-,33-29-. The lowest BCUT2D eigenvalue weighted by Crippen LogP contribution is -2.28. The number of amides is 1. The van der Waals surface area contributed by atoms with E-state index in [1.54, 1.807) is 0 Å². The quantitative estimate of drug-likeness (QED) is 0.0417. The van der Waals surface area contributed by atoms with Crippen molar-refractivity contribution in [2.45, 2.75) is 174 Å². The van der Waals surface area contributed by atoms with Gasteiger partial charge in [-0.05, 0) is 83.1 Å². The second kappa shape index (κ2) is 36.0. The molecule has 0 radical (unpaired) electrons. The van der Waals surface area contributed by atoms with Crippen molar-refractivity contribution in [1.29, 1.82) is 0 Å². The first-order valence-electron chi connectivity index (χ1n) is 18.9. The number of allylic oxidation sites excluding steroid dienone is 9. The third-order valence-corrected chi connectivity index (χ3v) is 7.91. The molecule has 1 unspecified atom stereocenters. The fourth-order valence-corrected chi connectivity index (χ4v) is 5.12. The molecule has 6 heteroatoms. The van der Waals surface area contributed by atoms with E-state index in [9.17, 15) is 14.4 Å². The molecule has 0 saturated carbocycles. The Balaban J connectivity index is 4.21. The Bertz CT molecular complexity index is 902. The lowest BCUT2D eigenvalue weighted by atomic mass is 10.1. The van der Waals surface area contributed by atoms with E-state index in [0.717, 1.165) is 96.3 Å². The van der Waals surface area contributed by atoms with E-state index in [4.69, 9.17) is 9.84 Å². The molecule has 2 N–H and O–H groups in total. The number of esters is 1. The molecule has 0 aromatic rings. The third kappa shape index (κ3) is 35.8. The topological polar surface area (TPSA) is 92.7 Å². The van der Waals surface area contributed by atoms with Crippen molar-refractivity contribution in [3.63, 3.8) is 0 Å². The summed E-state index contributed by atoms with van der Waals surface area (Å²) in [5.74, 6) is -1.32. The summed E-state index contributed by atoms with van der Waals surface area (Å²) in [6.07, 6.45) is 46.4. The van der Waals surface area contributed by atoms with Gasteiger partial charge in [0.1, 0.15) is 12.6 Å². The minimum atomic E-state index is -1.02. The first kappa shape index (κ1) is 44.1. The molecule has 0 spiro atoms. The van der Waals surface area contributed by atoms with Gasteiger partial charge in [0.15, 0.2) is 0 Å². The summed E-state index contributed by atoms with van der Waals surface area (Å²) in [5.41, 5.74) is 0. The van der Waals surface area contributed by atoms with Crippen LogP contribution in [0.15, 0.2) is 60.8 Å². The fourth-order valence-electron chi connectivity index (χ4n) is 5.12. The Morgan fingerprint density at radius 2 is 1.11 bits per heavy atom. The number of carboxylic acid groups (broad SMARTS) is 1. The number of rotatable bonds is 33. The number of ether oxygens (including phenoxy) is 1. The van der Waals surface area contributed by atoms with Crippen LogP contribution in [0.5, 0.6) is 0 Å². The van der Waals surface area contributed by atoms with E-state index < -0.39 is 5.97 Å². The van der Waals surface area contributed by atoms with Crippen LogP contribution in [-0.4, -0.2) is 35.6 Å². The number of carbonyl (C=O) groups excluding carboxylic acids is 2. The number of unbranched alkanes of at least 4 members (excludes halogenated alkanes) is 14. The van der Waals surface area contributed by atoms with E-state index in [-0.39, 0.29) is 24.5 Å². The van der Waals surface area contributed by atoms with Crippen LogP contribution >= 0.6 is 0 Å². The van der Waals surface area contributed by atoms with Gasteiger partial charge < -0.3 is 15.2 Å². The van der Waals surface area contributed by atoms with Gasteiger partial charge in [-0.1, -0.05) is 133 Å². The molecule has 0 aromatic carbocycles. The molecule has 47 heavy (non-hydrogen) atoms. The molecular formula is C41H69NO5. The van der Waals surface area contributed by atoms with Crippen LogP contribution in [0, 0.1) is 0 Å². The highest BCUT2D eigenvalue weighted by atomic mass is 16.5. The zero-order valence-electron chi connectivity index (χ0n) is 30.1. The summed E-state index contributed by atoms with van der Waals surface area (Å²) < 4.78 is 5.88. The Hall–Kier alpha value is -2.89.